The van der Waals surface area contributed by atoms with Gasteiger partial charge in [-0.05, 0) is 5.56 Å². The van der Waals surface area contributed by atoms with Crippen molar-refractivity contribution in [2.45, 2.75) is 32.9 Å². The van der Waals surface area contributed by atoms with Crippen molar-refractivity contribution in [2.24, 2.45) is 0 Å². The molecule has 0 N–H and O–H groups in total. The summed E-state index contributed by atoms with van der Waals surface area (Å²) in [6.07, 6.45) is 3.40. The summed E-state index contributed by atoms with van der Waals surface area (Å²) in [6.45, 7) is 3.13. The molecular weight excluding hydrogens is 332 g/mol. The van der Waals surface area contributed by atoms with Gasteiger partial charge in [-0.2, -0.15) is 0 Å². The number of aromatic nitrogens is 3. The van der Waals surface area contributed by atoms with Crippen LogP contribution in [0.15, 0.2) is 41.9 Å². The van der Waals surface area contributed by atoms with Crippen LogP contribution in [-0.4, -0.2) is 25.8 Å². The van der Waals surface area contributed by atoms with Gasteiger partial charge in [-0.25, -0.2) is 15.0 Å². The summed E-state index contributed by atoms with van der Waals surface area (Å²) in [7, 11) is 0. The van der Waals surface area contributed by atoms with E-state index in [0.29, 0.717) is 18.8 Å². The third-order valence-electron chi connectivity index (χ3n) is 4.28. The zero-order valence-corrected chi connectivity index (χ0v) is 14.8. The average molecular weight is 350 g/mol. The molecular formula is C19H18N4OS. The van der Waals surface area contributed by atoms with E-state index >= 15 is 0 Å². The summed E-state index contributed by atoms with van der Waals surface area (Å²) in [5, 5.41) is 2.81. The average Bonchev–Trinajstić information content (AvgIpc) is 3.28. The Labute approximate surface area is 150 Å². The highest BCUT2D eigenvalue weighted by Gasteiger charge is 2.27. The molecule has 3 aromatic rings. The Bertz CT molecular complexity index is 907. The minimum atomic E-state index is -0.0355. The van der Waals surface area contributed by atoms with Crippen LogP contribution in [-0.2, 0) is 25.9 Å². The van der Waals surface area contributed by atoms with Crippen molar-refractivity contribution in [2.75, 3.05) is 0 Å². The Morgan fingerprint density at radius 2 is 2.04 bits per heavy atom. The first-order valence-corrected chi connectivity index (χ1v) is 9.22. The van der Waals surface area contributed by atoms with Gasteiger partial charge in [0.1, 0.15) is 11.5 Å². The van der Waals surface area contributed by atoms with Crippen LogP contribution in [0, 0.1) is 0 Å². The smallest absolute Gasteiger partial charge is 0.273 e. The fraction of sp³-hybridized carbons (Fsp3) is 0.263. The van der Waals surface area contributed by atoms with Gasteiger partial charge in [0.05, 0.1) is 17.2 Å². The van der Waals surface area contributed by atoms with Crippen molar-refractivity contribution in [1.82, 2.24) is 19.9 Å². The zero-order chi connectivity index (χ0) is 17.2. The van der Waals surface area contributed by atoms with Gasteiger partial charge in [0, 0.05) is 36.5 Å². The summed E-state index contributed by atoms with van der Waals surface area (Å²) in [5.41, 5.74) is 3.71. The van der Waals surface area contributed by atoms with Gasteiger partial charge in [0.25, 0.3) is 5.91 Å². The van der Waals surface area contributed by atoms with Gasteiger partial charge < -0.3 is 4.90 Å². The molecule has 0 saturated carbocycles. The molecule has 0 atom stereocenters. The summed E-state index contributed by atoms with van der Waals surface area (Å²) in [6, 6.07) is 10.2. The maximum absolute atomic E-state index is 12.8. The third kappa shape index (κ3) is 3.30. The number of benzene rings is 1. The first kappa shape index (κ1) is 15.9. The molecule has 6 heteroatoms. The van der Waals surface area contributed by atoms with Crippen LogP contribution < -0.4 is 0 Å². The lowest BCUT2D eigenvalue weighted by molar-refractivity contribution is 0.0745. The number of nitrogens with zero attached hydrogens (tertiary/aromatic N) is 4. The molecule has 3 heterocycles. The third-order valence-corrected chi connectivity index (χ3v) is 5.13. The maximum Gasteiger partial charge on any atom is 0.273 e. The molecule has 0 aliphatic carbocycles. The van der Waals surface area contributed by atoms with E-state index < -0.39 is 0 Å². The zero-order valence-electron chi connectivity index (χ0n) is 14.0. The molecule has 0 bridgehead atoms. The number of thiazole rings is 1. The molecule has 0 unspecified atom stereocenters. The minimum absolute atomic E-state index is 0.0355. The van der Waals surface area contributed by atoms with E-state index in [0.717, 1.165) is 34.9 Å². The second-order valence-electron chi connectivity index (χ2n) is 6.06. The first-order chi connectivity index (χ1) is 12.2. The van der Waals surface area contributed by atoms with Gasteiger partial charge in [-0.1, -0.05) is 37.3 Å². The van der Waals surface area contributed by atoms with E-state index in [1.807, 2.05) is 36.7 Å². The largest absolute Gasteiger partial charge is 0.327 e. The summed E-state index contributed by atoms with van der Waals surface area (Å²) in [5.74, 6) is 0.790. The van der Waals surface area contributed by atoms with Crippen molar-refractivity contribution >= 4 is 17.2 Å². The number of aryl methyl sites for hydroxylation is 1. The molecule has 0 spiro atoms. The molecule has 1 aliphatic rings. The number of fused-ring (bicyclic) bond motifs is 1. The van der Waals surface area contributed by atoms with Crippen LogP contribution in [0.5, 0.6) is 0 Å². The van der Waals surface area contributed by atoms with Crippen LogP contribution >= 0.6 is 11.3 Å². The van der Waals surface area contributed by atoms with E-state index in [9.17, 15) is 4.79 Å². The normalized spacial score (nSPS) is 13.1. The topological polar surface area (TPSA) is 59.0 Å². The van der Waals surface area contributed by atoms with Gasteiger partial charge in [-0.15, -0.1) is 11.3 Å². The number of rotatable bonds is 4. The first-order valence-electron chi connectivity index (χ1n) is 8.34. The molecule has 126 valence electrons. The molecule has 1 aromatic carbocycles. The standard InChI is InChI=1S/C19H18N4OS/c1-2-17-20-9-14-10-23(11-15(14)21-17)19(24)16-12-25-18(22-16)8-13-6-4-3-5-7-13/h3-7,9,12H,2,8,10-11H2,1H3. The predicted octanol–water partition coefficient (Wildman–Crippen LogP) is 3.24. The second kappa shape index (κ2) is 6.72. The molecule has 2 aromatic heterocycles. The van der Waals surface area contributed by atoms with Gasteiger partial charge in [0.2, 0.25) is 0 Å². The quantitative estimate of drug-likeness (QED) is 0.725. The monoisotopic (exact) mass is 350 g/mol. The van der Waals surface area contributed by atoms with Gasteiger partial charge in [-0.3, -0.25) is 4.79 Å². The highest BCUT2D eigenvalue weighted by atomic mass is 32.1. The molecule has 1 amide bonds. The molecule has 0 fully saturated rings. The lowest BCUT2D eigenvalue weighted by atomic mass is 10.2. The van der Waals surface area contributed by atoms with Crippen LogP contribution in [0.1, 0.15) is 45.1 Å². The van der Waals surface area contributed by atoms with E-state index in [1.165, 1.54) is 16.9 Å². The van der Waals surface area contributed by atoms with Crippen molar-refractivity contribution in [1.29, 1.82) is 0 Å². The van der Waals surface area contributed by atoms with Crippen LogP contribution in [0.3, 0.4) is 0 Å². The van der Waals surface area contributed by atoms with Crippen molar-refractivity contribution in [3.05, 3.63) is 75.3 Å². The highest BCUT2D eigenvalue weighted by Crippen LogP contribution is 2.23. The Morgan fingerprint density at radius 1 is 1.20 bits per heavy atom. The molecule has 25 heavy (non-hydrogen) atoms. The lowest BCUT2D eigenvalue weighted by Crippen LogP contribution is -2.25. The van der Waals surface area contributed by atoms with E-state index in [4.69, 9.17) is 0 Å². The minimum Gasteiger partial charge on any atom is -0.327 e. The summed E-state index contributed by atoms with van der Waals surface area (Å²) < 4.78 is 0. The van der Waals surface area contributed by atoms with Gasteiger partial charge in [0.15, 0.2) is 0 Å². The molecule has 1 aliphatic heterocycles. The molecule has 0 radical (unpaired) electrons. The number of hydrogen-bond donors (Lipinski definition) is 0. The van der Waals surface area contributed by atoms with Crippen LogP contribution in [0.4, 0.5) is 0 Å². The predicted molar refractivity (Wildman–Crippen MR) is 96.3 cm³/mol. The molecule has 5 nitrogen and oxygen atoms in total. The lowest BCUT2D eigenvalue weighted by Gasteiger charge is -2.12. The Morgan fingerprint density at radius 3 is 2.84 bits per heavy atom. The summed E-state index contributed by atoms with van der Waals surface area (Å²) in [4.78, 5) is 27.9. The fourth-order valence-electron chi connectivity index (χ4n) is 2.93. The van der Waals surface area contributed by atoms with E-state index in [1.54, 1.807) is 4.90 Å². The Balaban J connectivity index is 1.47. The number of amides is 1. The number of hydrogen-bond acceptors (Lipinski definition) is 5. The van der Waals surface area contributed by atoms with Crippen molar-refractivity contribution in [3.8, 4) is 0 Å². The SMILES string of the molecule is CCc1ncc2c(n1)CN(C(=O)c1csc(Cc3ccccc3)n1)C2. The van der Waals surface area contributed by atoms with Crippen molar-refractivity contribution < 1.29 is 4.79 Å². The maximum atomic E-state index is 12.8. The second-order valence-corrected chi connectivity index (χ2v) is 7.00. The van der Waals surface area contributed by atoms with Crippen molar-refractivity contribution in [3.63, 3.8) is 0 Å². The summed E-state index contributed by atoms with van der Waals surface area (Å²) >= 11 is 1.53. The van der Waals surface area contributed by atoms with E-state index in [-0.39, 0.29) is 5.91 Å². The Hall–Kier alpha value is -2.60. The Kier molecular flexibility index (Phi) is 4.28. The number of carbonyl (C=O) groups excluding carboxylic acids is 1. The molecule has 4 rings (SSSR count). The van der Waals surface area contributed by atoms with Crippen LogP contribution in [0.25, 0.3) is 0 Å². The highest BCUT2D eigenvalue weighted by molar-refractivity contribution is 7.09. The van der Waals surface area contributed by atoms with E-state index in [2.05, 4.69) is 27.1 Å². The fourth-order valence-corrected chi connectivity index (χ4v) is 3.73. The van der Waals surface area contributed by atoms with Gasteiger partial charge >= 0.3 is 0 Å². The number of carbonyl (C=O) groups is 1. The molecule has 0 saturated heterocycles. The van der Waals surface area contributed by atoms with Crippen LogP contribution in [0.2, 0.25) is 0 Å².